The lowest BCUT2D eigenvalue weighted by molar-refractivity contribution is 1.32. The molecule has 0 atom stereocenters. The third-order valence-corrected chi connectivity index (χ3v) is 13.1. The Bertz CT molecular complexity index is 3580. The van der Waals surface area contributed by atoms with Crippen LogP contribution in [0.1, 0.15) is 0 Å². The third-order valence-electron chi connectivity index (χ3n) is 12.0. The van der Waals surface area contributed by atoms with Gasteiger partial charge in [-0.05, 0) is 114 Å². The Balaban J connectivity index is 1.16. The molecule has 12 rings (SSSR count). The van der Waals surface area contributed by atoms with Gasteiger partial charge in [0.1, 0.15) is 0 Å². The van der Waals surface area contributed by atoms with Gasteiger partial charge in [0.25, 0.3) is 0 Å². The minimum atomic E-state index is 1.13. The molecule has 1 heterocycles. The number of hydrogen-bond acceptors (Lipinski definition) is 2. The molecule has 0 aliphatic rings. The second-order valence-electron chi connectivity index (χ2n) is 15.3. The predicted octanol–water partition coefficient (Wildman–Crippen LogP) is 16.6. The minimum absolute atomic E-state index is 1.13. The van der Waals surface area contributed by atoms with Crippen LogP contribution in [0.15, 0.2) is 212 Å². The molecule has 0 saturated heterocycles. The highest BCUT2D eigenvalue weighted by Crippen LogP contribution is 2.48. The Kier molecular flexibility index (Phi) is 7.47. The Morgan fingerprint density at radius 2 is 0.862 bits per heavy atom. The summed E-state index contributed by atoms with van der Waals surface area (Å²) >= 11 is 1.88. The molecule has 11 aromatic carbocycles. The molecule has 0 fully saturated rings. The zero-order valence-electron chi connectivity index (χ0n) is 31.6. The molecule has 12 aromatic rings. The van der Waals surface area contributed by atoms with Crippen LogP contribution in [0.3, 0.4) is 0 Å². The summed E-state index contributed by atoms with van der Waals surface area (Å²) in [5.74, 6) is 0. The van der Waals surface area contributed by atoms with Gasteiger partial charge in [-0.3, -0.25) is 0 Å². The predicted molar refractivity (Wildman–Crippen MR) is 252 cm³/mol. The largest absolute Gasteiger partial charge is 0.309 e. The summed E-state index contributed by atoms with van der Waals surface area (Å²) in [6.45, 7) is 0. The van der Waals surface area contributed by atoms with Crippen LogP contribution in [0.4, 0.5) is 17.1 Å². The van der Waals surface area contributed by atoms with Crippen molar-refractivity contribution in [3.05, 3.63) is 212 Å². The quantitative estimate of drug-likeness (QED) is 0.158. The van der Waals surface area contributed by atoms with E-state index in [2.05, 4.69) is 217 Å². The number of thiophene rings is 1. The zero-order valence-corrected chi connectivity index (χ0v) is 32.4. The molecule has 0 amide bonds. The molecule has 2 heteroatoms. The summed E-state index contributed by atoms with van der Waals surface area (Å²) in [6, 6.07) is 78.5. The second-order valence-corrected chi connectivity index (χ2v) is 16.3. The van der Waals surface area contributed by atoms with Gasteiger partial charge in [0, 0.05) is 36.6 Å². The first kappa shape index (κ1) is 32.9. The van der Waals surface area contributed by atoms with E-state index in [9.17, 15) is 0 Å². The monoisotopic (exact) mass is 753 g/mol. The van der Waals surface area contributed by atoms with Gasteiger partial charge in [0.05, 0.1) is 11.4 Å². The molecule has 0 saturated carbocycles. The summed E-state index contributed by atoms with van der Waals surface area (Å²) in [7, 11) is 0. The molecule has 1 nitrogen and oxygen atoms in total. The van der Waals surface area contributed by atoms with Crippen LogP contribution in [0.25, 0.3) is 96.3 Å². The van der Waals surface area contributed by atoms with Crippen LogP contribution < -0.4 is 4.90 Å². The highest BCUT2D eigenvalue weighted by Gasteiger charge is 2.22. The fraction of sp³-hybridized carbons (Fsp3) is 0. The van der Waals surface area contributed by atoms with Gasteiger partial charge in [0.2, 0.25) is 0 Å². The van der Waals surface area contributed by atoms with E-state index in [1.54, 1.807) is 0 Å². The summed E-state index contributed by atoms with van der Waals surface area (Å²) in [5.41, 5.74) is 8.30. The van der Waals surface area contributed by atoms with Crippen LogP contribution in [-0.4, -0.2) is 0 Å². The lowest BCUT2D eigenvalue weighted by atomic mass is 9.91. The van der Waals surface area contributed by atoms with Gasteiger partial charge in [-0.2, -0.15) is 0 Å². The fourth-order valence-electron chi connectivity index (χ4n) is 9.27. The SMILES string of the molecule is c1ccc(-c2ccc(N(c3ccc4c(c3)sc3cc5ccccc5cc34)c3cc(-c4cc5ccccc5c5ccccc45)cc4ccccc34)c3ccccc23)cc1. The molecule has 0 unspecified atom stereocenters. The molecule has 0 aliphatic carbocycles. The topological polar surface area (TPSA) is 3.24 Å². The maximum atomic E-state index is 2.52. The van der Waals surface area contributed by atoms with Crippen LogP contribution in [0.5, 0.6) is 0 Å². The van der Waals surface area contributed by atoms with Crippen LogP contribution in [0, 0.1) is 0 Å². The van der Waals surface area contributed by atoms with Gasteiger partial charge >= 0.3 is 0 Å². The molecule has 0 bridgehead atoms. The van der Waals surface area contributed by atoms with E-state index in [-0.39, 0.29) is 0 Å². The molecular formula is C56H35NS. The van der Waals surface area contributed by atoms with Crippen molar-refractivity contribution in [1.29, 1.82) is 0 Å². The Morgan fingerprint density at radius 1 is 0.276 bits per heavy atom. The van der Waals surface area contributed by atoms with Crippen LogP contribution >= 0.6 is 11.3 Å². The normalized spacial score (nSPS) is 11.8. The van der Waals surface area contributed by atoms with E-state index in [1.807, 2.05) is 11.3 Å². The number of benzene rings is 11. The molecule has 270 valence electrons. The van der Waals surface area contributed by atoms with Crippen molar-refractivity contribution in [2.75, 3.05) is 4.90 Å². The molecular weight excluding hydrogens is 719 g/mol. The van der Waals surface area contributed by atoms with Crippen molar-refractivity contribution in [2.24, 2.45) is 0 Å². The van der Waals surface area contributed by atoms with Crippen LogP contribution in [-0.2, 0) is 0 Å². The highest BCUT2D eigenvalue weighted by molar-refractivity contribution is 7.26. The van der Waals surface area contributed by atoms with E-state index in [0.717, 1.165) is 17.1 Å². The first-order chi connectivity index (χ1) is 28.7. The first-order valence-electron chi connectivity index (χ1n) is 19.9. The van der Waals surface area contributed by atoms with Gasteiger partial charge in [-0.1, -0.05) is 164 Å². The Hall–Kier alpha value is -7.26. The standard InChI is InChI=1S/C56H35NS/c1-2-14-36(15-3-1)44-28-29-53(49-25-13-12-23-47(44)49)57(42-26-27-50-52-31-37-16-4-5-17-38(37)34-55(52)58-56(50)35-42)54-33-41(30-39-18-7-9-21-45(39)54)51-32-40-19-6-8-20-43(40)46-22-10-11-24-48(46)51/h1-35H. The van der Waals surface area contributed by atoms with Crippen molar-refractivity contribution in [2.45, 2.75) is 0 Å². The van der Waals surface area contributed by atoms with E-state index < -0.39 is 0 Å². The fourth-order valence-corrected chi connectivity index (χ4v) is 10.4. The minimum Gasteiger partial charge on any atom is -0.309 e. The van der Waals surface area contributed by atoms with Crippen molar-refractivity contribution in [3.8, 4) is 22.3 Å². The van der Waals surface area contributed by atoms with E-state index in [4.69, 9.17) is 0 Å². The number of fused-ring (bicyclic) bond motifs is 9. The Morgan fingerprint density at radius 3 is 1.64 bits per heavy atom. The third kappa shape index (κ3) is 5.23. The van der Waals surface area contributed by atoms with Gasteiger partial charge < -0.3 is 4.90 Å². The average Bonchev–Trinajstić information content (AvgIpc) is 3.64. The van der Waals surface area contributed by atoms with Crippen molar-refractivity contribution in [3.63, 3.8) is 0 Å². The second kappa shape index (κ2) is 13.2. The van der Waals surface area contributed by atoms with E-state index >= 15 is 0 Å². The van der Waals surface area contributed by atoms with Crippen LogP contribution in [0.2, 0.25) is 0 Å². The summed E-state index contributed by atoms with van der Waals surface area (Å²) in [5, 5.41) is 15.0. The van der Waals surface area contributed by atoms with Gasteiger partial charge in [-0.25, -0.2) is 0 Å². The molecule has 0 spiro atoms. The molecule has 1 aromatic heterocycles. The summed E-state index contributed by atoms with van der Waals surface area (Å²) in [6.07, 6.45) is 0. The lowest BCUT2D eigenvalue weighted by Gasteiger charge is -2.29. The molecule has 0 radical (unpaired) electrons. The highest BCUT2D eigenvalue weighted by atomic mass is 32.1. The van der Waals surface area contributed by atoms with Gasteiger partial charge in [0.15, 0.2) is 0 Å². The van der Waals surface area contributed by atoms with Crippen molar-refractivity contribution < 1.29 is 0 Å². The maximum absolute atomic E-state index is 2.52. The number of nitrogens with zero attached hydrogens (tertiary/aromatic N) is 1. The average molecular weight is 754 g/mol. The smallest absolute Gasteiger partial charge is 0.0546 e. The van der Waals surface area contributed by atoms with E-state index in [1.165, 1.54) is 96.3 Å². The Labute approximate surface area is 340 Å². The number of anilines is 3. The molecule has 0 aliphatic heterocycles. The first-order valence-corrected chi connectivity index (χ1v) is 20.7. The summed E-state index contributed by atoms with van der Waals surface area (Å²) in [4.78, 5) is 2.52. The van der Waals surface area contributed by atoms with Gasteiger partial charge in [-0.15, -0.1) is 11.3 Å². The molecule has 58 heavy (non-hydrogen) atoms. The lowest BCUT2D eigenvalue weighted by Crippen LogP contribution is -2.11. The zero-order chi connectivity index (χ0) is 38.2. The number of rotatable bonds is 5. The maximum Gasteiger partial charge on any atom is 0.0546 e. The summed E-state index contributed by atoms with van der Waals surface area (Å²) < 4.78 is 2.59. The number of hydrogen-bond donors (Lipinski definition) is 0. The van der Waals surface area contributed by atoms with E-state index in [0.29, 0.717) is 0 Å². The van der Waals surface area contributed by atoms with Crippen molar-refractivity contribution in [1.82, 2.24) is 0 Å². The molecule has 0 N–H and O–H groups in total. The van der Waals surface area contributed by atoms with Crippen molar-refractivity contribution >= 4 is 102 Å².